The predicted octanol–water partition coefficient (Wildman–Crippen LogP) is 2.67. The summed E-state index contributed by atoms with van der Waals surface area (Å²) >= 11 is 0. The van der Waals surface area contributed by atoms with E-state index in [1.165, 1.54) is 0 Å². The van der Waals surface area contributed by atoms with E-state index in [-0.39, 0.29) is 0 Å². The zero-order valence-corrected chi connectivity index (χ0v) is 12.0. The molecule has 0 bridgehead atoms. The average molecular weight is 268 g/mol. The van der Waals surface area contributed by atoms with Crippen molar-refractivity contribution in [1.29, 1.82) is 0 Å². The molecular weight excluding hydrogens is 248 g/mol. The third-order valence-electron chi connectivity index (χ3n) is 3.47. The van der Waals surface area contributed by atoms with Gasteiger partial charge in [0.15, 0.2) is 0 Å². The molecule has 0 radical (unpaired) electrons. The maximum absolute atomic E-state index is 11.6. The number of pyridine rings is 1. The van der Waals surface area contributed by atoms with Gasteiger partial charge in [-0.1, -0.05) is 36.4 Å². The molecule has 0 saturated carbocycles. The van der Waals surface area contributed by atoms with Crippen molar-refractivity contribution < 1.29 is 4.79 Å². The van der Waals surface area contributed by atoms with E-state index in [0.29, 0.717) is 6.54 Å². The summed E-state index contributed by atoms with van der Waals surface area (Å²) in [6.07, 6.45) is 4.67. The highest BCUT2D eigenvalue weighted by molar-refractivity contribution is 5.68. The van der Waals surface area contributed by atoms with Gasteiger partial charge >= 0.3 is 0 Å². The molecule has 1 aromatic carbocycles. The van der Waals surface area contributed by atoms with Gasteiger partial charge in [0.05, 0.1) is 5.41 Å². The van der Waals surface area contributed by atoms with Gasteiger partial charge in [-0.2, -0.15) is 0 Å². The first-order chi connectivity index (χ1) is 9.64. The molecule has 0 N–H and O–H groups in total. The van der Waals surface area contributed by atoms with E-state index in [2.05, 4.69) is 9.88 Å². The molecule has 2 aromatic rings. The Morgan fingerprint density at radius 1 is 1.20 bits per heavy atom. The second kappa shape index (κ2) is 6.44. The van der Waals surface area contributed by atoms with Crippen LogP contribution in [0.4, 0.5) is 0 Å². The Labute approximate surface area is 120 Å². The van der Waals surface area contributed by atoms with Gasteiger partial charge in [-0.25, -0.2) is 0 Å². The second-order valence-electron chi connectivity index (χ2n) is 5.43. The Morgan fingerprint density at radius 3 is 2.55 bits per heavy atom. The van der Waals surface area contributed by atoms with Crippen LogP contribution in [0, 0.1) is 0 Å². The number of aromatic nitrogens is 1. The van der Waals surface area contributed by atoms with Crippen molar-refractivity contribution in [2.75, 3.05) is 13.6 Å². The molecule has 0 aliphatic carbocycles. The highest BCUT2D eigenvalue weighted by atomic mass is 16.1. The predicted molar refractivity (Wildman–Crippen MR) is 80.4 cm³/mol. The smallest absolute Gasteiger partial charge is 0.131 e. The molecule has 0 aliphatic rings. The van der Waals surface area contributed by atoms with Crippen LogP contribution in [0.1, 0.15) is 18.1 Å². The highest BCUT2D eigenvalue weighted by Gasteiger charge is 2.27. The van der Waals surface area contributed by atoms with Crippen LogP contribution in [0.5, 0.6) is 0 Å². The van der Waals surface area contributed by atoms with Gasteiger partial charge < -0.3 is 9.69 Å². The lowest BCUT2D eigenvalue weighted by atomic mass is 9.83. The van der Waals surface area contributed by atoms with Gasteiger partial charge in [0, 0.05) is 25.5 Å². The molecule has 1 heterocycles. The Bertz CT molecular complexity index is 541. The molecule has 0 saturated heterocycles. The summed E-state index contributed by atoms with van der Waals surface area (Å²) < 4.78 is 0. The minimum Gasteiger partial charge on any atom is -0.302 e. The summed E-state index contributed by atoms with van der Waals surface area (Å²) in [4.78, 5) is 17.8. The van der Waals surface area contributed by atoms with Crippen LogP contribution in [0.3, 0.4) is 0 Å². The lowest BCUT2D eigenvalue weighted by Crippen LogP contribution is -2.38. The van der Waals surface area contributed by atoms with Crippen molar-refractivity contribution in [3.05, 3.63) is 66.0 Å². The van der Waals surface area contributed by atoms with Crippen LogP contribution in [0.2, 0.25) is 0 Å². The summed E-state index contributed by atoms with van der Waals surface area (Å²) in [5.74, 6) is 0. The number of aldehydes is 1. The van der Waals surface area contributed by atoms with Gasteiger partial charge in [-0.3, -0.25) is 4.98 Å². The van der Waals surface area contributed by atoms with Crippen molar-refractivity contribution in [2.24, 2.45) is 0 Å². The molecule has 1 aromatic heterocycles. The number of carbonyl (C=O) groups is 1. The van der Waals surface area contributed by atoms with Crippen LogP contribution in [0.25, 0.3) is 0 Å². The lowest BCUT2D eigenvalue weighted by Gasteiger charge is -2.29. The van der Waals surface area contributed by atoms with Crippen LogP contribution in [0.15, 0.2) is 54.9 Å². The monoisotopic (exact) mass is 268 g/mol. The summed E-state index contributed by atoms with van der Waals surface area (Å²) in [6, 6.07) is 13.9. The third kappa shape index (κ3) is 3.52. The van der Waals surface area contributed by atoms with Gasteiger partial charge in [-0.05, 0) is 31.2 Å². The van der Waals surface area contributed by atoms with Gasteiger partial charge in [0.25, 0.3) is 0 Å². The molecule has 20 heavy (non-hydrogen) atoms. The van der Waals surface area contributed by atoms with E-state index >= 15 is 0 Å². The van der Waals surface area contributed by atoms with Gasteiger partial charge in [-0.15, -0.1) is 0 Å². The second-order valence-corrected chi connectivity index (χ2v) is 5.43. The molecule has 0 fully saturated rings. The minimum absolute atomic E-state index is 0.488. The van der Waals surface area contributed by atoms with Gasteiger partial charge in [0.2, 0.25) is 0 Å². The first kappa shape index (κ1) is 14.4. The maximum Gasteiger partial charge on any atom is 0.131 e. The molecular formula is C17H20N2O. The Morgan fingerprint density at radius 2 is 1.95 bits per heavy atom. The molecule has 2 rings (SSSR count). The van der Waals surface area contributed by atoms with Crippen molar-refractivity contribution in [3.8, 4) is 0 Å². The number of hydrogen-bond donors (Lipinski definition) is 0. The summed E-state index contributed by atoms with van der Waals surface area (Å²) in [5, 5.41) is 0. The maximum atomic E-state index is 11.6. The van der Waals surface area contributed by atoms with E-state index in [9.17, 15) is 4.79 Å². The highest BCUT2D eigenvalue weighted by Crippen LogP contribution is 2.22. The van der Waals surface area contributed by atoms with E-state index < -0.39 is 5.41 Å². The number of nitrogens with zero attached hydrogens (tertiary/aromatic N) is 2. The van der Waals surface area contributed by atoms with Crippen molar-refractivity contribution in [1.82, 2.24) is 9.88 Å². The SMILES string of the molecule is CN(Cc1cccnc1)CC(C)(C=O)c1ccccc1. The fraction of sp³-hybridized carbons (Fsp3) is 0.294. The van der Waals surface area contributed by atoms with Crippen molar-refractivity contribution in [3.63, 3.8) is 0 Å². The first-order valence-electron chi connectivity index (χ1n) is 6.73. The van der Waals surface area contributed by atoms with Gasteiger partial charge in [0.1, 0.15) is 6.29 Å². The van der Waals surface area contributed by atoms with Crippen molar-refractivity contribution >= 4 is 6.29 Å². The molecule has 0 aliphatic heterocycles. The van der Waals surface area contributed by atoms with E-state index in [1.807, 2.05) is 62.6 Å². The summed E-state index contributed by atoms with van der Waals surface area (Å²) in [7, 11) is 2.03. The molecule has 3 heteroatoms. The van der Waals surface area contributed by atoms with Crippen LogP contribution in [-0.4, -0.2) is 29.8 Å². The largest absolute Gasteiger partial charge is 0.302 e. The zero-order valence-electron chi connectivity index (χ0n) is 12.0. The number of hydrogen-bond acceptors (Lipinski definition) is 3. The molecule has 0 amide bonds. The Kier molecular flexibility index (Phi) is 4.64. The molecule has 104 valence electrons. The Balaban J connectivity index is 2.08. The van der Waals surface area contributed by atoms with E-state index in [1.54, 1.807) is 6.20 Å². The Hall–Kier alpha value is -2.00. The fourth-order valence-electron chi connectivity index (χ4n) is 2.44. The quantitative estimate of drug-likeness (QED) is 0.755. The lowest BCUT2D eigenvalue weighted by molar-refractivity contribution is -0.112. The average Bonchev–Trinajstić information content (AvgIpc) is 2.49. The number of benzene rings is 1. The standard InChI is InChI=1S/C17H20N2O/c1-17(14-20,16-8-4-3-5-9-16)13-19(2)12-15-7-6-10-18-11-15/h3-11,14H,12-13H2,1-2H3. The van der Waals surface area contributed by atoms with E-state index in [4.69, 9.17) is 0 Å². The zero-order chi connectivity index (χ0) is 14.4. The van der Waals surface area contributed by atoms with E-state index in [0.717, 1.165) is 24.0 Å². The van der Waals surface area contributed by atoms with Crippen molar-refractivity contribution in [2.45, 2.75) is 18.9 Å². The first-order valence-corrected chi connectivity index (χ1v) is 6.73. The summed E-state index contributed by atoms with van der Waals surface area (Å²) in [6.45, 7) is 3.44. The fourth-order valence-corrected chi connectivity index (χ4v) is 2.44. The molecule has 3 nitrogen and oxygen atoms in total. The number of rotatable bonds is 6. The van der Waals surface area contributed by atoms with Crippen LogP contribution >= 0.6 is 0 Å². The minimum atomic E-state index is -0.488. The molecule has 0 spiro atoms. The molecule has 1 atom stereocenters. The topological polar surface area (TPSA) is 33.2 Å². The number of carbonyl (C=O) groups excluding carboxylic acids is 1. The summed E-state index contributed by atoms with van der Waals surface area (Å²) in [5.41, 5.74) is 1.71. The van der Waals surface area contributed by atoms with Crippen LogP contribution < -0.4 is 0 Å². The molecule has 1 unspecified atom stereocenters. The normalized spacial score (nSPS) is 13.9. The third-order valence-corrected chi connectivity index (χ3v) is 3.47. The number of likely N-dealkylation sites (N-methyl/N-ethyl adjacent to an activating group) is 1. The van der Waals surface area contributed by atoms with Crippen LogP contribution in [-0.2, 0) is 16.8 Å².